The highest BCUT2D eigenvalue weighted by Crippen LogP contribution is 2.18. The molecule has 1 unspecified atom stereocenters. The van der Waals surface area contributed by atoms with Crippen molar-refractivity contribution in [2.45, 2.75) is 32.4 Å². The summed E-state index contributed by atoms with van der Waals surface area (Å²) in [5, 5.41) is 0. The van der Waals surface area contributed by atoms with Gasteiger partial charge in [0.1, 0.15) is 6.10 Å². The van der Waals surface area contributed by atoms with Crippen LogP contribution in [-0.4, -0.2) is 47.7 Å². The topological polar surface area (TPSA) is 40.2 Å². The molecule has 0 aliphatic carbocycles. The zero-order valence-corrected chi connectivity index (χ0v) is 11.9. The van der Waals surface area contributed by atoms with Crippen molar-refractivity contribution in [3.05, 3.63) is 12.3 Å². The Kier molecular flexibility index (Phi) is 6.99. The van der Waals surface area contributed by atoms with Gasteiger partial charge in [0.05, 0.1) is 13.2 Å². The first-order valence-electron chi connectivity index (χ1n) is 6.37. The first kappa shape index (κ1) is 14.9. The largest absolute Gasteiger partial charge is 0.392 e. The van der Waals surface area contributed by atoms with Gasteiger partial charge in [-0.15, -0.1) is 6.58 Å². The maximum Gasteiger partial charge on any atom is 0.364 e. The van der Waals surface area contributed by atoms with Crippen molar-refractivity contribution in [2.24, 2.45) is 0 Å². The van der Waals surface area contributed by atoms with Crippen LogP contribution in [0.25, 0.3) is 0 Å². The van der Waals surface area contributed by atoms with E-state index in [9.17, 15) is 0 Å². The minimum atomic E-state index is -2.18. The fourth-order valence-corrected chi connectivity index (χ4v) is 4.12. The lowest BCUT2D eigenvalue weighted by molar-refractivity contribution is 0.113. The molecule has 1 rings (SSSR count). The van der Waals surface area contributed by atoms with E-state index in [1.54, 1.807) is 0 Å². The Hall–Kier alpha value is -0.203. The van der Waals surface area contributed by atoms with Gasteiger partial charge in [0.15, 0.2) is 0 Å². The molecule has 0 saturated carbocycles. The Bertz CT molecular complexity index is 213. The van der Waals surface area contributed by atoms with Crippen LogP contribution >= 0.6 is 0 Å². The van der Waals surface area contributed by atoms with Gasteiger partial charge in [0.25, 0.3) is 0 Å². The molecule has 1 fully saturated rings. The molecule has 5 heteroatoms. The molecule has 1 aliphatic rings. The highest BCUT2D eigenvalue weighted by atomic mass is 28.4. The van der Waals surface area contributed by atoms with E-state index >= 15 is 0 Å². The van der Waals surface area contributed by atoms with Crippen LogP contribution in [0.5, 0.6) is 0 Å². The second kappa shape index (κ2) is 8.00. The molecular weight excluding hydrogens is 236 g/mol. The second-order valence-electron chi connectivity index (χ2n) is 4.02. The number of epoxide rings is 1. The van der Waals surface area contributed by atoms with Gasteiger partial charge in [0, 0.05) is 19.8 Å². The zero-order chi connectivity index (χ0) is 12.6. The summed E-state index contributed by atoms with van der Waals surface area (Å²) in [5.74, 6) is 0. The van der Waals surface area contributed by atoms with Crippen LogP contribution in [0.15, 0.2) is 12.3 Å². The van der Waals surface area contributed by atoms with Crippen LogP contribution in [0.3, 0.4) is 0 Å². The summed E-state index contributed by atoms with van der Waals surface area (Å²) < 4.78 is 22.1. The van der Waals surface area contributed by atoms with Gasteiger partial charge in [-0.2, -0.15) is 0 Å². The molecule has 0 amide bonds. The predicted molar refractivity (Wildman–Crippen MR) is 69.2 cm³/mol. The Morgan fingerprint density at radius 3 is 2.47 bits per heavy atom. The van der Waals surface area contributed by atoms with E-state index in [1.165, 1.54) is 0 Å². The van der Waals surface area contributed by atoms with Crippen molar-refractivity contribution in [3.8, 4) is 0 Å². The van der Waals surface area contributed by atoms with Gasteiger partial charge >= 0.3 is 8.56 Å². The molecule has 100 valence electrons. The van der Waals surface area contributed by atoms with Gasteiger partial charge in [0.2, 0.25) is 0 Å². The Morgan fingerprint density at radius 1 is 1.35 bits per heavy atom. The van der Waals surface area contributed by atoms with Gasteiger partial charge in [-0.25, -0.2) is 0 Å². The molecule has 1 atom stereocenters. The lowest BCUT2D eigenvalue weighted by Crippen LogP contribution is -2.40. The first-order valence-corrected chi connectivity index (χ1v) is 8.47. The SMILES string of the molecule is C=C[Si](CCCOCC1CO1)(OCC)OCC. The summed E-state index contributed by atoms with van der Waals surface area (Å²) in [6, 6.07) is 0.906. The second-order valence-corrected chi connectivity index (χ2v) is 7.13. The zero-order valence-electron chi connectivity index (χ0n) is 10.9. The van der Waals surface area contributed by atoms with Crippen LogP contribution in [0.1, 0.15) is 20.3 Å². The van der Waals surface area contributed by atoms with Crippen molar-refractivity contribution in [3.63, 3.8) is 0 Å². The third-order valence-electron chi connectivity index (χ3n) is 2.61. The normalized spacial score (nSPS) is 19.3. The van der Waals surface area contributed by atoms with Crippen molar-refractivity contribution in [2.75, 3.05) is 33.0 Å². The third kappa shape index (κ3) is 5.79. The minimum absolute atomic E-state index is 0.343. The molecule has 0 aromatic carbocycles. The molecule has 17 heavy (non-hydrogen) atoms. The summed E-state index contributed by atoms with van der Waals surface area (Å²) in [7, 11) is -2.18. The fraction of sp³-hybridized carbons (Fsp3) is 0.833. The quantitative estimate of drug-likeness (QED) is 0.324. The van der Waals surface area contributed by atoms with Crippen molar-refractivity contribution in [1.29, 1.82) is 0 Å². The van der Waals surface area contributed by atoms with E-state index in [-0.39, 0.29) is 0 Å². The Morgan fingerprint density at radius 2 is 2.00 bits per heavy atom. The maximum atomic E-state index is 5.78. The third-order valence-corrected chi connectivity index (χ3v) is 5.84. The average molecular weight is 260 g/mol. The lowest BCUT2D eigenvalue weighted by Gasteiger charge is -2.26. The molecule has 1 heterocycles. The van der Waals surface area contributed by atoms with E-state index in [2.05, 4.69) is 6.58 Å². The molecular formula is C12H24O4Si. The predicted octanol–water partition coefficient (Wildman–Crippen LogP) is 2.03. The molecule has 4 nitrogen and oxygen atoms in total. The summed E-state index contributed by atoms with van der Waals surface area (Å²) >= 11 is 0. The van der Waals surface area contributed by atoms with Gasteiger partial charge in [-0.05, 0) is 32.0 Å². The van der Waals surface area contributed by atoms with Gasteiger partial charge < -0.3 is 18.3 Å². The van der Waals surface area contributed by atoms with Crippen LogP contribution in [0.4, 0.5) is 0 Å². The molecule has 0 radical (unpaired) electrons. The van der Waals surface area contributed by atoms with Crippen LogP contribution in [-0.2, 0) is 18.3 Å². The molecule has 0 bridgehead atoms. The van der Waals surface area contributed by atoms with Gasteiger partial charge in [-0.3, -0.25) is 0 Å². The number of hydrogen-bond acceptors (Lipinski definition) is 4. The lowest BCUT2D eigenvalue weighted by atomic mass is 10.5. The van der Waals surface area contributed by atoms with Crippen molar-refractivity contribution in [1.82, 2.24) is 0 Å². The van der Waals surface area contributed by atoms with Crippen LogP contribution in [0, 0.1) is 0 Å². The molecule has 1 saturated heterocycles. The Balaban J connectivity index is 2.18. The molecule has 1 aliphatic heterocycles. The summed E-state index contributed by atoms with van der Waals surface area (Å²) in [6.07, 6.45) is 1.29. The average Bonchev–Trinajstić information content (AvgIpc) is 3.13. The summed E-state index contributed by atoms with van der Waals surface area (Å²) in [5.41, 5.74) is 1.88. The van der Waals surface area contributed by atoms with Crippen LogP contribution < -0.4 is 0 Å². The molecule has 0 aromatic rings. The summed E-state index contributed by atoms with van der Waals surface area (Å²) in [6.45, 7) is 11.5. The monoisotopic (exact) mass is 260 g/mol. The van der Waals surface area contributed by atoms with E-state index in [1.807, 2.05) is 19.5 Å². The molecule has 0 spiro atoms. The maximum absolute atomic E-state index is 5.78. The standard InChI is InChI=1S/C12H24O4Si/c1-4-15-17(6-3,16-5-2)9-7-8-13-10-12-11-14-12/h6,12H,3-5,7-11H2,1-2H3. The van der Waals surface area contributed by atoms with Crippen LogP contribution in [0.2, 0.25) is 6.04 Å². The first-order chi connectivity index (χ1) is 8.26. The van der Waals surface area contributed by atoms with Crippen molar-refractivity contribution < 1.29 is 18.3 Å². The molecule has 0 N–H and O–H groups in total. The Labute approximate surface area is 105 Å². The number of hydrogen-bond donors (Lipinski definition) is 0. The van der Waals surface area contributed by atoms with E-state index in [0.717, 1.165) is 25.7 Å². The molecule has 0 aromatic heterocycles. The minimum Gasteiger partial charge on any atom is -0.392 e. The van der Waals surface area contributed by atoms with E-state index < -0.39 is 8.56 Å². The van der Waals surface area contributed by atoms with Gasteiger partial charge in [-0.1, -0.05) is 0 Å². The highest BCUT2D eigenvalue weighted by Gasteiger charge is 2.33. The summed E-state index contributed by atoms with van der Waals surface area (Å²) in [4.78, 5) is 0. The highest BCUT2D eigenvalue weighted by molar-refractivity contribution is 6.72. The van der Waals surface area contributed by atoms with Crippen molar-refractivity contribution >= 4 is 8.56 Å². The smallest absolute Gasteiger partial charge is 0.364 e. The van der Waals surface area contributed by atoms with E-state index in [4.69, 9.17) is 18.3 Å². The van der Waals surface area contributed by atoms with E-state index in [0.29, 0.717) is 25.9 Å². The number of rotatable bonds is 11. The fourth-order valence-electron chi connectivity index (χ4n) is 1.69. The number of ether oxygens (including phenoxy) is 2.